The molecule has 4 heteroatoms. The summed E-state index contributed by atoms with van der Waals surface area (Å²) >= 11 is 0. The minimum absolute atomic E-state index is 0. The lowest BCUT2D eigenvalue weighted by atomic mass is 9.90. The molecule has 2 heterocycles. The molecule has 3 rings (SSSR count). The zero-order valence-electron chi connectivity index (χ0n) is 13.2. The molecule has 1 N–H and O–H groups in total. The Morgan fingerprint density at radius 2 is 1.86 bits per heavy atom. The van der Waals surface area contributed by atoms with E-state index in [0.29, 0.717) is 5.91 Å². The standard InChI is InChI=1S/C18H26N2O.ClH/c21-18(17-7-4-12-19-17)20-13-10-16(11-14-20)9-8-15-5-2-1-3-6-15;/h1-3,5-6,16-17,19H,4,7-14H2;1H. The summed E-state index contributed by atoms with van der Waals surface area (Å²) in [6, 6.07) is 10.8. The molecule has 2 fully saturated rings. The number of hydrogen-bond donors (Lipinski definition) is 1. The number of carbonyl (C=O) groups is 1. The van der Waals surface area contributed by atoms with Crippen molar-refractivity contribution in [2.24, 2.45) is 5.92 Å². The SMILES string of the molecule is Cl.O=C(C1CCCN1)N1CCC(CCc2ccccc2)CC1. The Morgan fingerprint density at radius 3 is 2.50 bits per heavy atom. The average molecular weight is 323 g/mol. The van der Waals surface area contributed by atoms with Crippen LogP contribution in [0.3, 0.4) is 0 Å². The summed E-state index contributed by atoms with van der Waals surface area (Å²) in [6.45, 7) is 2.91. The fraction of sp³-hybridized carbons (Fsp3) is 0.611. The summed E-state index contributed by atoms with van der Waals surface area (Å²) < 4.78 is 0. The first-order valence-corrected chi connectivity index (χ1v) is 8.39. The van der Waals surface area contributed by atoms with Gasteiger partial charge < -0.3 is 10.2 Å². The van der Waals surface area contributed by atoms with E-state index in [4.69, 9.17) is 0 Å². The van der Waals surface area contributed by atoms with Crippen molar-refractivity contribution < 1.29 is 4.79 Å². The van der Waals surface area contributed by atoms with Crippen molar-refractivity contribution >= 4 is 18.3 Å². The first-order valence-electron chi connectivity index (χ1n) is 8.39. The van der Waals surface area contributed by atoms with Crippen LogP contribution >= 0.6 is 12.4 Å². The maximum atomic E-state index is 12.3. The molecular formula is C18H27ClN2O. The maximum Gasteiger partial charge on any atom is 0.239 e. The van der Waals surface area contributed by atoms with Crippen LogP contribution in [0.4, 0.5) is 0 Å². The van der Waals surface area contributed by atoms with Gasteiger partial charge in [-0.3, -0.25) is 4.79 Å². The molecule has 0 aliphatic carbocycles. The van der Waals surface area contributed by atoms with Gasteiger partial charge in [0.2, 0.25) is 5.91 Å². The average Bonchev–Trinajstić information content (AvgIpc) is 3.08. The molecule has 22 heavy (non-hydrogen) atoms. The third kappa shape index (κ3) is 4.47. The van der Waals surface area contributed by atoms with Gasteiger partial charge in [0.15, 0.2) is 0 Å². The van der Waals surface area contributed by atoms with E-state index in [-0.39, 0.29) is 18.4 Å². The third-order valence-electron chi connectivity index (χ3n) is 4.97. The van der Waals surface area contributed by atoms with Gasteiger partial charge in [-0.15, -0.1) is 12.4 Å². The molecule has 1 amide bonds. The molecule has 0 bridgehead atoms. The second-order valence-corrected chi connectivity index (χ2v) is 6.44. The largest absolute Gasteiger partial charge is 0.341 e. The molecule has 1 aromatic rings. The van der Waals surface area contributed by atoms with Gasteiger partial charge in [-0.05, 0) is 56.6 Å². The summed E-state index contributed by atoms with van der Waals surface area (Å²) in [6.07, 6.45) is 6.94. The van der Waals surface area contributed by atoms with Crippen molar-refractivity contribution in [3.8, 4) is 0 Å². The van der Waals surface area contributed by atoms with E-state index >= 15 is 0 Å². The van der Waals surface area contributed by atoms with Crippen molar-refractivity contribution in [2.45, 2.75) is 44.6 Å². The molecule has 1 atom stereocenters. The smallest absolute Gasteiger partial charge is 0.239 e. The van der Waals surface area contributed by atoms with Crippen molar-refractivity contribution in [3.63, 3.8) is 0 Å². The van der Waals surface area contributed by atoms with Crippen LogP contribution < -0.4 is 5.32 Å². The Bertz CT molecular complexity index is 451. The minimum atomic E-state index is 0. The number of aryl methyl sites for hydroxylation is 1. The number of nitrogens with zero attached hydrogens (tertiary/aromatic N) is 1. The molecule has 2 aliphatic rings. The Kier molecular flexibility index (Phi) is 6.71. The normalized spacial score (nSPS) is 22.4. The van der Waals surface area contributed by atoms with Gasteiger partial charge >= 0.3 is 0 Å². The summed E-state index contributed by atoms with van der Waals surface area (Å²) in [5.74, 6) is 1.12. The van der Waals surface area contributed by atoms with E-state index in [1.54, 1.807) is 0 Å². The minimum Gasteiger partial charge on any atom is -0.341 e. The summed E-state index contributed by atoms with van der Waals surface area (Å²) in [4.78, 5) is 14.4. The highest BCUT2D eigenvalue weighted by atomic mass is 35.5. The molecule has 2 aliphatic heterocycles. The van der Waals surface area contributed by atoms with Gasteiger partial charge in [0, 0.05) is 13.1 Å². The fourth-order valence-electron chi connectivity index (χ4n) is 3.57. The number of amides is 1. The zero-order valence-corrected chi connectivity index (χ0v) is 14.0. The van der Waals surface area contributed by atoms with Gasteiger partial charge in [-0.25, -0.2) is 0 Å². The Labute approximate surface area is 139 Å². The van der Waals surface area contributed by atoms with E-state index in [9.17, 15) is 4.79 Å². The zero-order chi connectivity index (χ0) is 14.5. The van der Waals surface area contributed by atoms with E-state index in [2.05, 4.69) is 40.5 Å². The number of likely N-dealkylation sites (tertiary alicyclic amines) is 1. The molecule has 0 radical (unpaired) electrons. The topological polar surface area (TPSA) is 32.3 Å². The molecule has 0 saturated carbocycles. The maximum absolute atomic E-state index is 12.3. The van der Waals surface area contributed by atoms with Crippen LogP contribution in [0.5, 0.6) is 0 Å². The van der Waals surface area contributed by atoms with Gasteiger partial charge in [0.05, 0.1) is 6.04 Å². The number of rotatable bonds is 4. The van der Waals surface area contributed by atoms with Crippen LogP contribution in [0.25, 0.3) is 0 Å². The molecule has 0 spiro atoms. The number of piperidine rings is 1. The lowest BCUT2D eigenvalue weighted by Gasteiger charge is -2.33. The van der Waals surface area contributed by atoms with Crippen molar-refractivity contribution in [2.75, 3.05) is 19.6 Å². The number of nitrogens with one attached hydrogen (secondary N) is 1. The van der Waals surface area contributed by atoms with E-state index < -0.39 is 0 Å². The third-order valence-corrected chi connectivity index (χ3v) is 4.97. The van der Waals surface area contributed by atoms with Gasteiger partial charge in [0.1, 0.15) is 0 Å². The summed E-state index contributed by atoms with van der Waals surface area (Å²) in [5, 5.41) is 3.32. The van der Waals surface area contributed by atoms with Crippen LogP contribution in [0, 0.1) is 5.92 Å². The van der Waals surface area contributed by atoms with Crippen LogP contribution in [-0.2, 0) is 11.2 Å². The lowest BCUT2D eigenvalue weighted by Crippen LogP contribution is -2.47. The molecule has 122 valence electrons. The fourth-order valence-corrected chi connectivity index (χ4v) is 3.57. The second-order valence-electron chi connectivity index (χ2n) is 6.44. The second kappa shape index (κ2) is 8.54. The molecule has 0 aromatic heterocycles. The summed E-state index contributed by atoms with van der Waals surface area (Å²) in [5.41, 5.74) is 1.44. The molecule has 1 unspecified atom stereocenters. The molecule has 1 aromatic carbocycles. The molecular weight excluding hydrogens is 296 g/mol. The monoisotopic (exact) mass is 322 g/mol. The Hall–Kier alpha value is -1.06. The van der Waals surface area contributed by atoms with Gasteiger partial charge in [-0.2, -0.15) is 0 Å². The van der Waals surface area contributed by atoms with E-state index in [0.717, 1.165) is 38.4 Å². The predicted molar refractivity (Wildman–Crippen MR) is 92.3 cm³/mol. The first kappa shape index (κ1) is 17.3. The van der Waals surface area contributed by atoms with Gasteiger partial charge in [0.25, 0.3) is 0 Å². The number of halogens is 1. The highest BCUT2D eigenvalue weighted by Crippen LogP contribution is 2.23. The summed E-state index contributed by atoms with van der Waals surface area (Å²) in [7, 11) is 0. The van der Waals surface area contributed by atoms with Crippen LogP contribution in [0.15, 0.2) is 30.3 Å². The predicted octanol–water partition coefficient (Wildman–Crippen LogP) is 3.03. The van der Waals surface area contributed by atoms with Crippen LogP contribution in [-0.4, -0.2) is 36.5 Å². The van der Waals surface area contributed by atoms with E-state index in [1.807, 2.05) is 0 Å². The van der Waals surface area contributed by atoms with Crippen molar-refractivity contribution in [1.29, 1.82) is 0 Å². The highest BCUT2D eigenvalue weighted by Gasteiger charge is 2.29. The first-order chi connectivity index (χ1) is 10.3. The van der Waals surface area contributed by atoms with Crippen LogP contribution in [0.2, 0.25) is 0 Å². The van der Waals surface area contributed by atoms with Gasteiger partial charge in [-0.1, -0.05) is 30.3 Å². The Balaban J connectivity index is 0.00000176. The Morgan fingerprint density at radius 1 is 1.14 bits per heavy atom. The lowest BCUT2D eigenvalue weighted by molar-refractivity contribution is -0.134. The number of hydrogen-bond acceptors (Lipinski definition) is 2. The van der Waals surface area contributed by atoms with Crippen LogP contribution in [0.1, 0.15) is 37.7 Å². The number of carbonyl (C=O) groups excluding carboxylic acids is 1. The number of benzene rings is 1. The highest BCUT2D eigenvalue weighted by molar-refractivity contribution is 5.85. The van der Waals surface area contributed by atoms with E-state index in [1.165, 1.54) is 31.2 Å². The van der Waals surface area contributed by atoms with Crippen molar-refractivity contribution in [1.82, 2.24) is 10.2 Å². The molecule has 3 nitrogen and oxygen atoms in total. The molecule has 2 saturated heterocycles. The quantitative estimate of drug-likeness (QED) is 0.924. The van der Waals surface area contributed by atoms with Crippen molar-refractivity contribution in [3.05, 3.63) is 35.9 Å².